The largest absolute Gasteiger partial charge is 0.495 e. The van der Waals surface area contributed by atoms with Gasteiger partial charge < -0.3 is 15.0 Å². The fourth-order valence-corrected chi connectivity index (χ4v) is 6.57. The molecule has 4 rings (SSSR count). The van der Waals surface area contributed by atoms with Gasteiger partial charge in [0.05, 0.1) is 17.7 Å². The van der Waals surface area contributed by atoms with Gasteiger partial charge in [-0.1, -0.05) is 79.2 Å². The van der Waals surface area contributed by atoms with E-state index in [1.54, 1.807) is 55.5 Å². The van der Waals surface area contributed by atoms with Crippen molar-refractivity contribution in [2.75, 3.05) is 18.0 Å². The van der Waals surface area contributed by atoms with Gasteiger partial charge in [-0.2, -0.15) is 0 Å². The van der Waals surface area contributed by atoms with E-state index in [4.69, 9.17) is 4.74 Å². The summed E-state index contributed by atoms with van der Waals surface area (Å²) in [5, 5.41) is 2.98. The van der Waals surface area contributed by atoms with E-state index in [1.165, 1.54) is 30.2 Å². The van der Waals surface area contributed by atoms with E-state index in [0.717, 1.165) is 21.0 Å². The molecule has 0 bridgehead atoms. The van der Waals surface area contributed by atoms with Gasteiger partial charge in [0, 0.05) is 24.6 Å². The van der Waals surface area contributed by atoms with Gasteiger partial charge in [-0.25, -0.2) is 12.8 Å². The highest BCUT2D eigenvalue weighted by molar-refractivity contribution is 7.92. The second-order valence-corrected chi connectivity index (χ2v) is 13.5. The van der Waals surface area contributed by atoms with Crippen molar-refractivity contribution in [3.8, 4) is 5.75 Å². The summed E-state index contributed by atoms with van der Waals surface area (Å²) in [5.41, 5.74) is 2.75. The highest BCUT2D eigenvalue weighted by Crippen LogP contribution is 2.34. The highest BCUT2D eigenvalue weighted by Gasteiger charge is 2.36. The van der Waals surface area contributed by atoms with Crippen molar-refractivity contribution >= 4 is 27.5 Å². The van der Waals surface area contributed by atoms with Gasteiger partial charge in [0.2, 0.25) is 11.8 Å². The third kappa shape index (κ3) is 8.77. The number of sulfonamides is 1. The zero-order valence-corrected chi connectivity index (χ0v) is 28.3. The lowest BCUT2D eigenvalue weighted by Gasteiger charge is -2.34. The lowest BCUT2D eigenvalue weighted by molar-refractivity contribution is -0.140. The number of carbonyl (C=O) groups is 2. The predicted molar refractivity (Wildman–Crippen MR) is 182 cm³/mol. The number of methoxy groups -OCH3 is 1. The number of ether oxygens (including phenoxy) is 1. The number of amides is 2. The third-order valence-electron chi connectivity index (χ3n) is 8.06. The van der Waals surface area contributed by atoms with Crippen molar-refractivity contribution in [1.82, 2.24) is 10.2 Å². The Morgan fingerprint density at radius 3 is 2.17 bits per heavy atom. The molecule has 47 heavy (non-hydrogen) atoms. The van der Waals surface area contributed by atoms with Crippen LogP contribution in [0, 0.1) is 19.7 Å². The van der Waals surface area contributed by atoms with Crippen molar-refractivity contribution < 1.29 is 27.1 Å². The van der Waals surface area contributed by atoms with Gasteiger partial charge in [0.1, 0.15) is 24.2 Å². The maximum atomic E-state index is 15.1. The first kappa shape index (κ1) is 35.2. The number of nitrogens with one attached hydrogen (secondary N) is 1. The lowest BCUT2D eigenvalue weighted by Crippen LogP contribution is -2.54. The van der Waals surface area contributed by atoms with Gasteiger partial charge in [-0.15, -0.1) is 0 Å². The Labute approximate surface area is 277 Å². The molecule has 1 N–H and O–H groups in total. The monoisotopic (exact) mass is 659 g/mol. The van der Waals surface area contributed by atoms with Gasteiger partial charge in [-0.3, -0.25) is 13.9 Å². The Morgan fingerprint density at radius 1 is 0.894 bits per heavy atom. The van der Waals surface area contributed by atoms with Gasteiger partial charge >= 0.3 is 0 Å². The molecule has 10 heteroatoms. The van der Waals surface area contributed by atoms with Crippen LogP contribution in [0.5, 0.6) is 5.75 Å². The highest BCUT2D eigenvalue weighted by atomic mass is 32.2. The normalized spacial score (nSPS) is 12.6. The number of benzene rings is 4. The molecular formula is C37H42FN3O5S. The van der Waals surface area contributed by atoms with E-state index in [9.17, 15) is 18.0 Å². The number of halogens is 1. The number of anilines is 1. The molecule has 0 heterocycles. The molecule has 4 aromatic rings. The SMILES string of the molecule is CCC(C)NC(=O)C(Cc1ccccc1)N(Cc1ccccc1F)C(=O)CN(c1cc(C)ccc1OC)S(=O)(=O)c1ccc(C)cc1. The Bertz CT molecular complexity index is 1780. The van der Waals surface area contributed by atoms with E-state index in [-0.39, 0.29) is 40.9 Å². The summed E-state index contributed by atoms with van der Waals surface area (Å²) in [4.78, 5) is 29.8. The van der Waals surface area contributed by atoms with Gasteiger partial charge in [0.15, 0.2) is 0 Å². The number of rotatable bonds is 14. The summed E-state index contributed by atoms with van der Waals surface area (Å²) >= 11 is 0. The Kier molecular flexibility index (Phi) is 11.8. The number of hydrogen-bond acceptors (Lipinski definition) is 5. The van der Waals surface area contributed by atoms with E-state index in [0.29, 0.717) is 6.42 Å². The van der Waals surface area contributed by atoms with Crippen molar-refractivity contribution in [2.24, 2.45) is 0 Å². The predicted octanol–water partition coefficient (Wildman–Crippen LogP) is 6.20. The fourth-order valence-electron chi connectivity index (χ4n) is 5.15. The van der Waals surface area contributed by atoms with Crippen molar-refractivity contribution in [3.05, 3.63) is 125 Å². The van der Waals surface area contributed by atoms with E-state index in [2.05, 4.69) is 5.32 Å². The summed E-state index contributed by atoms with van der Waals surface area (Å²) in [7, 11) is -2.90. The minimum atomic E-state index is -4.33. The fraction of sp³-hybridized carbons (Fsp3) is 0.297. The van der Waals surface area contributed by atoms with E-state index < -0.39 is 40.2 Å². The molecule has 0 aliphatic rings. The van der Waals surface area contributed by atoms with Crippen LogP contribution < -0.4 is 14.4 Å². The molecule has 2 unspecified atom stereocenters. The minimum absolute atomic E-state index is 0.0181. The first-order chi connectivity index (χ1) is 22.4. The molecule has 0 aliphatic carbocycles. The van der Waals surface area contributed by atoms with Crippen molar-refractivity contribution in [1.29, 1.82) is 0 Å². The standard InChI is InChI=1S/C37H42FN3O5S/c1-6-28(4)39-37(43)34(23-29-12-8-7-9-13-29)40(24-30-14-10-11-15-32(30)38)36(42)25-41(33-22-27(3)18-21-35(33)46-5)47(44,45)31-19-16-26(2)17-20-31/h7-22,28,34H,6,23-25H2,1-5H3,(H,39,43). The Balaban J connectivity index is 1.87. The van der Waals surface area contributed by atoms with Crippen LogP contribution >= 0.6 is 0 Å². The molecule has 0 saturated carbocycles. The quantitative estimate of drug-likeness (QED) is 0.174. The zero-order chi connectivity index (χ0) is 34.1. The summed E-state index contributed by atoms with van der Waals surface area (Å²) in [5.74, 6) is -1.41. The second kappa shape index (κ2) is 15.7. The second-order valence-electron chi connectivity index (χ2n) is 11.6. The zero-order valence-electron chi connectivity index (χ0n) is 27.4. The first-order valence-electron chi connectivity index (χ1n) is 15.6. The van der Waals surface area contributed by atoms with Gasteiger partial charge in [-0.05, 0) is 68.7 Å². The van der Waals surface area contributed by atoms with Crippen LogP contribution in [0.2, 0.25) is 0 Å². The third-order valence-corrected chi connectivity index (χ3v) is 9.84. The molecule has 2 atom stereocenters. The summed E-state index contributed by atoms with van der Waals surface area (Å²) in [6.45, 7) is 6.51. The molecule has 248 valence electrons. The maximum absolute atomic E-state index is 15.1. The summed E-state index contributed by atoms with van der Waals surface area (Å²) < 4.78 is 50.4. The first-order valence-corrected chi connectivity index (χ1v) is 17.0. The molecule has 0 saturated heterocycles. The van der Waals surface area contributed by atoms with E-state index in [1.807, 2.05) is 51.1 Å². The maximum Gasteiger partial charge on any atom is 0.264 e. The van der Waals surface area contributed by atoms with Crippen LogP contribution in [0.15, 0.2) is 102 Å². The average Bonchev–Trinajstić information content (AvgIpc) is 3.06. The van der Waals surface area contributed by atoms with E-state index >= 15 is 4.39 Å². The van der Waals surface area contributed by atoms with Crippen LogP contribution in [-0.4, -0.2) is 50.9 Å². The minimum Gasteiger partial charge on any atom is -0.495 e. The van der Waals surface area contributed by atoms with Crippen LogP contribution in [0.25, 0.3) is 0 Å². The molecule has 0 radical (unpaired) electrons. The number of aryl methyl sites for hydroxylation is 2. The molecule has 4 aromatic carbocycles. The van der Waals surface area contributed by atoms with Crippen LogP contribution in [0.3, 0.4) is 0 Å². The smallest absolute Gasteiger partial charge is 0.264 e. The van der Waals surface area contributed by atoms with Crippen molar-refractivity contribution in [2.45, 2.75) is 64.1 Å². The Morgan fingerprint density at radius 2 is 1.53 bits per heavy atom. The average molecular weight is 660 g/mol. The van der Waals surface area contributed by atoms with Crippen molar-refractivity contribution in [3.63, 3.8) is 0 Å². The molecule has 0 fully saturated rings. The summed E-state index contributed by atoms with van der Waals surface area (Å²) in [6, 6.07) is 25.4. The van der Waals surface area contributed by atoms with Crippen LogP contribution in [-0.2, 0) is 32.6 Å². The summed E-state index contributed by atoms with van der Waals surface area (Å²) in [6.07, 6.45) is 0.780. The Hall–Kier alpha value is -4.70. The van der Waals surface area contributed by atoms with Crippen LogP contribution in [0.1, 0.15) is 42.5 Å². The number of hydrogen-bond donors (Lipinski definition) is 1. The molecule has 0 aromatic heterocycles. The molecule has 0 spiro atoms. The number of nitrogens with zero attached hydrogens (tertiary/aromatic N) is 2. The molecule has 0 aliphatic heterocycles. The topological polar surface area (TPSA) is 96.0 Å². The molecular weight excluding hydrogens is 617 g/mol. The lowest BCUT2D eigenvalue weighted by atomic mass is 10.0. The van der Waals surface area contributed by atoms with Gasteiger partial charge in [0.25, 0.3) is 10.0 Å². The molecule has 8 nitrogen and oxygen atoms in total. The number of carbonyl (C=O) groups excluding carboxylic acids is 2. The molecule has 2 amide bonds. The van der Waals surface area contributed by atoms with Crippen LogP contribution in [0.4, 0.5) is 10.1 Å².